The fraction of sp³-hybridized carbons (Fsp3) is 0.562. The maximum atomic E-state index is 13.0. The minimum Gasteiger partial charge on any atom is -0.339 e. The third kappa shape index (κ3) is 3.58. The number of carbonyl (C=O) groups is 1. The largest absolute Gasteiger partial charge is 0.436 e. The highest BCUT2D eigenvalue weighted by Crippen LogP contribution is 2.36. The lowest BCUT2D eigenvalue weighted by Gasteiger charge is -2.22. The third-order valence-electron chi connectivity index (χ3n) is 4.50. The van der Waals surface area contributed by atoms with Crippen LogP contribution < -0.4 is 0 Å². The average molecular weight is 392 g/mol. The maximum absolute atomic E-state index is 13.0. The Morgan fingerprint density at radius 1 is 1.23 bits per heavy atom. The molecular weight excluding hydrogens is 371 g/mol. The molecule has 0 saturated heterocycles. The number of hydrogen-bond acceptors (Lipinski definition) is 3. The zero-order valence-electron chi connectivity index (χ0n) is 15.4. The van der Waals surface area contributed by atoms with Gasteiger partial charge in [0.15, 0.2) is 5.69 Å². The Hall–Kier alpha value is -2.03. The van der Waals surface area contributed by atoms with Crippen molar-refractivity contribution in [1.29, 1.82) is 0 Å². The van der Waals surface area contributed by atoms with Gasteiger partial charge in [0.05, 0.1) is 16.4 Å². The van der Waals surface area contributed by atoms with Crippen molar-refractivity contribution in [2.75, 3.05) is 7.05 Å². The van der Waals surface area contributed by atoms with Crippen LogP contribution in [0.3, 0.4) is 0 Å². The smallest absolute Gasteiger partial charge is 0.339 e. The number of likely N-dealkylation sites (N-methyl/N-ethyl adjacent to an activating group) is 1. The van der Waals surface area contributed by atoms with Gasteiger partial charge in [-0.05, 0) is 27.7 Å². The number of carbonyl (C=O) groups excluding carboxylic acids is 1. The van der Waals surface area contributed by atoms with E-state index in [0.717, 1.165) is 21.6 Å². The van der Waals surface area contributed by atoms with E-state index in [0.29, 0.717) is 6.54 Å². The quantitative estimate of drug-likeness (QED) is 0.802. The molecule has 2 rings (SSSR count). The first-order valence-corrected chi connectivity index (χ1v) is 8.29. The molecule has 0 radical (unpaired) electrons. The van der Waals surface area contributed by atoms with Crippen LogP contribution in [0.2, 0.25) is 5.02 Å². The second-order valence-electron chi connectivity index (χ2n) is 6.33. The molecule has 0 fully saturated rings. The molecule has 0 aliphatic heterocycles. The van der Waals surface area contributed by atoms with E-state index in [1.165, 1.54) is 18.7 Å². The Labute approximate surface area is 154 Å². The number of rotatable bonds is 4. The summed E-state index contributed by atoms with van der Waals surface area (Å²) in [4.78, 5) is 14.2. The van der Waals surface area contributed by atoms with E-state index in [-0.39, 0.29) is 11.6 Å². The van der Waals surface area contributed by atoms with Crippen molar-refractivity contribution in [2.24, 2.45) is 7.05 Å². The normalized spacial score (nSPS) is 13.2. The van der Waals surface area contributed by atoms with Crippen molar-refractivity contribution in [3.63, 3.8) is 0 Å². The molecule has 26 heavy (non-hydrogen) atoms. The topological polar surface area (TPSA) is 56.0 Å². The van der Waals surface area contributed by atoms with Gasteiger partial charge in [0.25, 0.3) is 0 Å². The molecular formula is C16H21ClF3N5O. The highest BCUT2D eigenvalue weighted by Gasteiger charge is 2.39. The summed E-state index contributed by atoms with van der Waals surface area (Å²) in [6.07, 6.45) is -4.67. The van der Waals surface area contributed by atoms with Crippen LogP contribution in [-0.2, 0) is 24.6 Å². The van der Waals surface area contributed by atoms with Crippen molar-refractivity contribution in [3.05, 3.63) is 33.4 Å². The van der Waals surface area contributed by atoms with Crippen molar-refractivity contribution < 1.29 is 18.0 Å². The van der Waals surface area contributed by atoms with E-state index >= 15 is 0 Å². The molecule has 2 aromatic heterocycles. The highest BCUT2D eigenvalue weighted by molar-refractivity contribution is 6.32. The summed E-state index contributed by atoms with van der Waals surface area (Å²) in [6.45, 7) is 6.94. The van der Waals surface area contributed by atoms with Gasteiger partial charge in [0.2, 0.25) is 5.91 Å². The Bertz CT molecular complexity index is 840. The van der Waals surface area contributed by atoms with Gasteiger partial charge in [-0.2, -0.15) is 23.4 Å². The Kier molecular flexibility index (Phi) is 5.41. The third-order valence-corrected chi connectivity index (χ3v) is 4.95. The SMILES string of the molecule is Cc1nn(C)c(C)c1CN(C)C(=O)C(C)n1nc(C(F)(F)F)c(Cl)c1C. The molecule has 1 amide bonds. The van der Waals surface area contributed by atoms with Gasteiger partial charge in [-0.25, -0.2) is 0 Å². The zero-order valence-corrected chi connectivity index (χ0v) is 16.2. The first kappa shape index (κ1) is 20.3. The molecule has 0 bridgehead atoms. The van der Waals surface area contributed by atoms with E-state index in [4.69, 9.17) is 11.6 Å². The molecule has 1 atom stereocenters. The summed E-state index contributed by atoms with van der Waals surface area (Å²) in [6, 6.07) is -0.925. The minimum atomic E-state index is -4.67. The van der Waals surface area contributed by atoms with Gasteiger partial charge in [0.1, 0.15) is 6.04 Å². The Morgan fingerprint density at radius 3 is 2.23 bits per heavy atom. The molecule has 144 valence electrons. The molecule has 6 nitrogen and oxygen atoms in total. The standard InChI is InChI=1S/C16H21ClF3N5O/c1-8-12(9(2)24(6)21-8)7-23(5)15(26)11(4)25-10(3)13(17)14(22-25)16(18,19)20/h11H,7H2,1-6H3. The fourth-order valence-corrected chi connectivity index (χ4v) is 3.07. The van der Waals surface area contributed by atoms with E-state index in [1.54, 1.807) is 11.7 Å². The van der Waals surface area contributed by atoms with E-state index in [2.05, 4.69) is 10.2 Å². The number of halogens is 4. The number of amides is 1. The number of aryl methyl sites for hydroxylation is 2. The van der Waals surface area contributed by atoms with Crippen molar-refractivity contribution in [2.45, 2.75) is 46.5 Å². The van der Waals surface area contributed by atoms with Gasteiger partial charge < -0.3 is 4.90 Å². The van der Waals surface area contributed by atoms with Crippen LogP contribution in [0.1, 0.15) is 41.3 Å². The summed E-state index contributed by atoms with van der Waals surface area (Å²) in [5, 5.41) is 7.34. The molecule has 0 aromatic carbocycles. The summed E-state index contributed by atoms with van der Waals surface area (Å²) in [5.74, 6) is -0.372. The first-order chi connectivity index (χ1) is 11.9. The highest BCUT2D eigenvalue weighted by atomic mass is 35.5. The monoisotopic (exact) mass is 391 g/mol. The number of alkyl halides is 3. The van der Waals surface area contributed by atoms with Crippen LogP contribution in [-0.4, -0.2) is 37.4 Å². The molecule has 0 spiro atoms. The molecule has 0 aliphatic rings. The van der Waals surface area contributed by atoms with E-state index in [9.17, 15) is 18.0 Å². The van der Waals surface area contributed by atoms with Gasteiger partial charge in [-0.1, -0.05) is 11.6 Å². The van der Waals surface area contributed by atoms with E-state index in [1.807, 2.05) is 20.9 Å². The lowest BCUT2D eigenvalue weighted by Crippen LogP contribution is -2.34. The molecule has 0 aliphatic carbocycles. The molecule has 10 heteroatoms. The minimum absolute atomic E-state index is 0.0991. The van der Waals surface area contributed by atoms with Gasteiger partial charge >= 0.3 is 6.18 Å². The maximum Gasteiger partial charge on any atom is 0.436 e. The number of aromatic nitrogens is 4. The van der Waals surface area contributed by atoms with Crippen LogP contribution in [0.25, 0.3) is 0 Å². The average Bonchev–Trinajstić information content (AvgIpc) is 2.97. The van der Waals surface area contributed by atoms with Crippen LogP contribution in [0.15, 0.2) is 0 Å². The summed E-state index contributed by atoms with van der Waals surface area (Å²) in [5.41, 5.74) is 1.55. The van der Waals surface area contributed by atoms with Crippen molar-refractivity contribution in [3.8, 4) is 0 Å². The summed E-state index contributed by atoms with van der Waals surface area (Å²) < 4.78 is 41.7. The van der Waals surface area contributed by atoms with Crippen molar-refractivity contribution >= 4 is 17.5 Å². The molecule has 0 N–H and O–H groups in total. The van der Waals surface area contributed by atoms with Crippen LogP contribution in [0, 0.1) is 20.8 Å². The predicted molar refractivity (Wildman–Crippen MR) is 90.8 cm³/mol. The van der Waals surface area contributed by atoms with Gasteiger partial charge in [0, 0.05) is 31.9 Å². The van der Waals surface area contributed by atoms with Gasteiger partial charge in [-0.3, -0.25) is 14.2 Å². The molecule has 2 aromatic rings. The van der Waals surface area contributed by atoms with Crippen LogP contribution in [0.5, 0.6) is 0 Å². The Morgan fingerprint density at radius 2 is 1.81 bits per heavy atom. The number of nitrogens with zero attached hydrogens (tertiary/aromatic N) is 5. The number of hydrogen-bond donors (Lipinski definition) is 0. The van der Waals surface area contributed by atoms with Crippen LogP contribution in [0.4, 0.5) is 13.2 Å². The lowest BCUT2D eigenvalue weighted by molar-refractivity contribution is -0.142. The molecule has 0 saturated carbocycles. The second kappa shape index (κ2) is 6.94. The zero-order chi connectivity index (χ0) is 20.0. The predicted octanol–water partition coefficient (Wildman–Crippen LogP) is 3.43. The van der Waals surface area contributed by atoms with Crippen molar-refractivity contribution in [1.82, 2.24) is 24.5 Å². The van der Waals surface area contributed by atoms with Gasteiger partial charge in [-0.15, -0.1) is 0 Å². The molecule has 2 heterocycles. The fourth-order valence-electron chi connectivity index (χ4n) is 2.84. The summed E-state index contributed by atoms with van der Waals surface area (Å²) >= 11 is 5.76. The van der Waals surface area contributed by atoms with Crippen LogP contribution >= 0.6 is 11.6 Å². The lowest BCUT2D eigenvalue weighted by atomic mass is 10.1. The molecule has 1 unspecified atom stereocenters. The van der Waals surface area contributed by atoms with E-state index < -0.39 is 22.9 Å². The first-order valence-electron chi connectivity index (χ1n) is 7.92. The second-order valence-corrected chi connectivity index (χ2v) is 6.71. The Balaban J connectivity index is 2.27. The summed E-state index contributed by atoms with van der Waals surface area (Å²) in [7, 11) is 3.40.